The second kappa shape index (κ2) is 2.99. The third-order valence-corrected chi connectivity index (χ3v) is 2.01. The van der Waals surface area contributed by atoms with Crippen molar-refractivity contribution < 1.29 is 4.39 Å². The zero-order valence-corrected chi connectivity index (χ0v) is 7.14. The summed E-state index contributed by atoms with van der Waals surface area (Å²) in [4.78, 5) is 0.465. The van der Waals surface area contributed by atoms with Gasteiger partial charge in [0.2, 0.25) is 0 Å². The quantitative estimate of drug-likeness (QED) is 0.478. The molecule has 1 aromatic rings. The van der Waals surface area contributed by atoms with Crippen LogP contribution in [0.1, 0.15) is 0 Å². The smallest absolute Gasteiger partial charge is 0.144 e. The topological polar surface area (TPSA) is 0 Å². The Kier molecular flexibility index (Phi) is 2.45. The summed E-state index contributed by atoms with van der Waals surface area (Å²) in [5, 5.41) is 0.131. The SMILES string of the molecule is Fc1cc(S)cc(Cl)c1Cl. The zero-order valence-electron chi connectivity index (χ0n) is 4.74. The summed E-state index contributed by atoms with van der Waals surface area (Å²) in [6.45, 7) is 0. The molecule has 0 atom stereocenters. The third-order valence-electron chi connectivity index (χ3n) is 0.969. The van der Waals surface area contributed by atoms with Crippen LogP contribution < -0.4 is 0 Å². The van der Waals surface area contributed by atoms with Gasteiger partial charge in [0.25, 0.3) is 0 Å². The van der Waals surface area contributed by atoms with Gasteiger partial charge in [0.1, 0.15) is 5.82 Å². The van der Waals surface area contributed by atoms with Gasteiger partial charge in [0.15, 0.2) is 0 Å². The molecule has 0 nitrogen and oxygen atoms in total. The molecular weight excluding hydrogens is 194 g/mol. The molecule has 54 valence electrons. The van der Waals surface area contributed by atoms with Gasteiger partial charge in [0.05, 0.1) is 10.0 Å². The van der Waals surface area contributed by atoms with Crippen molar-refractivity contribution in [3.8, 4) is 0 Å². The van der Waals surface area contributed by atoms with Gasteiger partial charge in [-0.05, 0) is 12.1 Å². The molecule has 0 aliphatic carbocycles. The van der Waals surface area contributed by atoms with Crippen LogP contribution in [0.4, 0.5) is 4.39 Å². The van der Waals surface area contributed by atoms with Crippen LogP contribution in [0.15, 0.2) is 17.0 Å². The molecule has 0 aliphatic heterocycles. The Morgan fingerprint density at radius 3 is 2.40 bits per heavy atom. The molecule has 0 N–H and O–H groups in total. The minimum atomic E-state index is -0.542. The lowest BCUT2D eigenvalue weighted by molar-refractivity contribution is 0.625. The second-order valence-electron chi connectivity index (χ2n) is 1.72. The molecule has 4 heteroatoms. The van der Waals surface area contributed by atoms with E-state index in [2.05, 4.69) is 12.6 Å². The van der Waals surface area contributed by atoms with Crippen molar-refractivity contribution in [2.24, 2.45) is 0 Å². The third kappa shape index (κ3) is 1.57. The maximum atomic E-state index is 12.6. The van der Waals surface area contributed by atoms with E-state index in [1.165, 1.54) is 12.1 Å². The number of hydrogen-bond donors (Lipinski definition) is 1. The Labute approximate surface area is 73.4 Å². The van der Waals surface area contributed by atoms with Crippen molar-refractivity contribution in [2.75, 3.05) is 0 Å². The number of rotatable bonds is 0. The van der Waals surface area contributed by atoms with Gasteiger partial charge in [-0.1, -0.05) is 23.2 Å². The van der Waals surface area contributed by atoms with Crippen molar-refractivity contribution in [1.82, 2.24) is 0 Å². The summed E-state index contributed by atoms with van der Waals surface area (Å²) < 4.78 is 12.6. The van der Waals surface area contributed by atoms with Crippen LogP contribution >= 0.6 is 35.8 Å². The van der Waals surface area contributed by atoms with Gasteiger partial charge in [-0.2, -0.15) is 0 Å². The molecule has 0 unspecified atom stereocenters. The Bertz CT molecular complexity index is 239. The highest BCUT2D eigenvalue weighted by molar-refractivity contribution is 7.80. The van der Waals surface area contributed by atoms with Crippen LogP contribution in [-0.4, -0.2) is 0 Å². The summed E-state index contributed by atoms with van der Waals surface area (Å²) in [6.07, 6.45) is 0. The molecule has 10 heavy (non-hydrogen) atoms. The fraction of sp³-hybridized carbons (Fsp3) is 0. The molecule has 0 fully saturated rings. The van der Waals surface area contributed by atoms with E-state index < -0.39 is 5.82 Å². The van der Waals surface area contributed by atoms with Crippen LogP contribution in [0.2, 0.25) is 10.0 Å². The second-order valence-corrected chi connectivity index (χ2v) is 3.02. The largest absolute Gasteiger partial charge is 0.205 e. The highest BCUT2D eigenvalue weighted by atomic mass is 35.5. The molecule has 0 aliphatic rings. The van der Waals surface area contributed by atoms with E-state index in [4.69, 9.17) is 23.2 Å². The standard InChI is InChI=1S/C6H3Cl2FS/c7-4-1-3(10)2-5(9)6(4)8/h1-2,10H. The summed E-state index contributed by atoms with van der Waals surface area (Å²) in [5.41, 5.74) is 0. The van der Waals surface area contributed by atoms with Gasteiger partial charge in [-0.25, -0.2) is 4.39 Å². The van der Waals surface area contributed by atoms with Crippen LogP contribution in [0, 0.1) is 5.82 Å². The van der Waals surface area contributed by atoms with E-state index >= 15 is 0 Å². The van der Waals surface area contributed by atoms with E-state index in [1.54, 1.807) is 0 Å². The van der Waals surface area contributed by atoms with Crippen LogP contribution in [0.3, 0.4) is 0 Å². The fourth-order valence-corrected chi connectivity index (χ4v) is 1.18. The molecule has 0 bridgehead atoms. The lowest BCUT2D eigenvalue weighted by atomic mass is 10.3. The predicted molar refractivity (Wildman–Crippen MR) is 43.7 cm³/mol. The van der Waals surface area contributed by atoms with E-state index in [0.717, 1.165) is 0 Å². The molecule has 1 aromatic carbocycles. The Hall–Kier alpha value is 0.0800. The highest BCUT2D eigenvalue weighted by Crippen LogP contribution is 2.27. The monoisotopic (exact) mass is 196 g/mol. The Morgan fingerprint density at radius 2 is 1.90 bits per heavy atom. The average Bonchev–Trinajstić information content (AvgIpc) is 1.82. The number of halogens is 3. The Balaban J connectivity index is 3.31. The first kappa shape index (κ1) is 8.18. The first-order chi connectivity index (χ1) is 4.61. The van der Waals surface area contributed by atoms with E-state index in [9.17, 15) is 4.39 Å². The average molecular weight is 197 g/mol. The number of benzene rings is 1. The summed E-state index contributed by atoms with van der Waals surface area (Å²) in [5.74, 6) is -0.542. The normalized spacial score (nSPS) is 10.0. The van der Waals surface area contributed by atoms with E-state index in [1.807, 2.05) is 0 Å². The van der Waals surface area contributed by atoms with Gasteiger partial charge < -0.3 is 0 Å². The lowest BCUT2D eigenvalue weighted by Crippen LogP contribution is -1.77. The first-order valence-corrected chi connectivity index (χ1v) is 3.65. The summed E-state index contributed by atoms with van der Waals surface area (Å²) >= 11 is 14.8. The first-order valence-electron chi connectivity index (χ1n) is 2.45. The van der Waals surface area contributed by atoms with Gasteiger partial charge in [0, 0.05) is 4.90 Å². The van der Waals surface area contributed by atoms with Gasteiger partial charge in [-0.15, -0.1) is 12.6 Å². The molecule has 0 radical (unpaired) electrons. The zero-order chi connectivity index (χ0) is 7.72. The molecule has 0 saturated heterocycles. The number of thiol groups is 1. The maximum Gasteiger partial charge on any atom is 0.144 e. The van der Waals surface area contributed by atoms with Crippen molar-refractivity contribution in [1.29, 1.82) is 0 Å². The Morgan fingerprint density at radius 1 is 1.30 bits per heavy atom. The van der Waals surface area contributed by atoms with Crippen LogP contribution in [-0.2, 0) is 0 Å². The molecule has 0 heterocycles. The van der Waals surface area contributed by atoms with Crippen molar-refractivity contribution in [2.45, 2.75) is 4.90 Å². The van der Waals surface area contributed by atoms with E-state index in [-0.39, 0.29) is 10.0 Å². The predicted octanol–water partition coefficient (Wildman–Crippen LogP) is 3.42. The molecule has 0 saturated carbocycles. The fourth-order valence-electron chi connectivity index (χ4n) is 0.542. The van der Waals surface area contributed by atoms with Gasteiger partial charge in [-0.3, -0.25) is 0 Å². The summed E-state index contributed by atoms with van der Waals surface area (Å²) in [7, 11) is 0. The van der Waals surface area contributed by atoms with Crippen molar-refractivity contribution in [3.05, 3.63) is 28.0 Å². The number of hydrogen-bond acceptors (Lipinski definition) is 1. The minimum Gasteiger partial charge on any atom is -0.205 e. The van der Waals surface area contributed by atoms with Gasteiger partial charge >= 0.3 is 0 Å². The molecule has 0 aromatic heterocycles. The van der Waals surface area contributed by atoms with Crippen LogP contribution in [0.5, 0.6) is 0 Å². The molecule has 0 amide bonds. The highest BCUT2D eigenvalue weighted by Gasteiger charge is 2.04. The lowest BCUT2D eigenvalue weighted by Gasteiger charge is -1.97. The van der Waals surface area contributed by atoms with Crippen LogP contribution in [0.25, 0.3) is 0 Å². The van der Waals surface area contributed by atoms with Crippen molar-refractivity contribution >= 4 is 35.8 Å². The summed E-state index contributed by atoms with van der Waals surface area (Å²) in [6, 6.07) is 2.69. The van der Waals surface area contributed by atoms with E-state index in [0.29, 0.717) is 4.90 Å². The minimum absolute atomic E-state index is 0.0560. The maximum absolute atomic E-state index is 12.6. The molecule has 0 spiro atoms. The van der Waals surface area contributed by atoms with Crippen molar-refractivity contribution in [3.63, 3.8) is 0 Å². The molecular formula is C6H3Cl2FS. The molecule has 1 rings (SSSR count).